The van der Waals surface area contributed by atoms with E-state index in [9.17, 15) is 10.1 Å². The van der Waals surface area contributed by atoms with Gasteiger partial charge in [-0.05, 0) is 17.7 Å². The minimum Gasteiger partial charge on any atom is -0.489 e. The number of hydrogen-bond donors (Lipinski definition) is 2. The van der Waals surface area contributed by atoms with Crippen molar-refractivity contribution in [3.05, 3.63) is 63.7 Å². The molecular formula is C14H14N2O4. The van der Waals surface area contributed by atoms with Crippen molar-refractivity contribution < 1.29 is 14.8 Å². The Morgan fingerprint density at radius 2 is 2.00 bits per heavy atom. The summed E-state index contributed by atoms with van der Waals surface area (Å²) in [4.78, 5) is 10.3. The molecule has 104 valence electrons. The molecule has 0 unspecified atom stereocenters. The fraction of sp³-hybridized carbons (Fsp3) is 0.143. The van der Waals surface area contributed by atoms with E-state index in [1.54, 1.807) is 36.4 Å². The SMILES string of the molecule is Nc1c(COc2cccc(CO)c2)cccc1[N+](=O)[O-]. The van der Waals surface area contributed by atoms with Gasteiger partial charge in [0.15, 0.2) is 0 Å². The number of nitrogen functional groups attached to an aromatic ring is 1. The summed E-state index contributed by atoms with van der Waals surface area (Å²) in [6.45, 7) is 0.0541. The van der Waals surface area contributed by atoms with Crippen LogP contribution in [0.25, 0.3) is 0 Å². The topological polar surface area (TPSA) is 98.6 Å². The lowest BCUT2D eigenvalue weighted by Gasteiger charge is -2.09. The molecule has 0 aliphatic rings. The lowest BCUT2D eigenvalue weighted by molar-refractivity contribution is -0.384. The van der Waals surface area contributed by atoms with E-state index in [4.69, 9.17) is 15.6 Å². The van der Waals surface area contributed by atoms with Gasteiger partial charge in [0.05, 0.1) is 11.5 Å². The second kappa shape index (κ2) is 6.03. The van der Waals surface area contributed by atoms with Crippen LogP contribution in [0.2, 0.25) is 0 Å². The lowest BCUT2D eigenvalue weighted by atomic mass is 10.1. The molecule has 0 saturated carbocycles. The van der Waals surface area contributed by atoms with Gasteiger partial charge in [0, 0.05) is 11.6 Å². The normalized spacial score (nSPS) is 10.2. The molecule has 0 fully saturated rings. The summed E-state index contributed by atoms with van der Waals surface area (Å²) in [7, 11) is 0. The average molecular weight is 274 g/mol. The molecule has 0 aliphatic heterocycles. The summed E-state index contributed by atoms with van der Waals surface area (Å²) in [5.74, 6) is 0.572. The highest BCUT2D eigenvalue weighted by atomic mass is 16.6. The fourth-order valence-corrected chi connectivity index (χ4v) is 1.78. The highest BCUT2D eigenvalue weighted by molar-refractivity contribution is 5.62. The molecule has 6 heteroatoms. The van der Waals surface area contributed by atoms with Crippen LogP contribution >= 0.6 is 0 Å². The largest absolute Gasteiger partial charge is 0.489 e. The Kier molecular flexibility index (Phi) is 4.17. The van der Waals surface area contributed by atoms with Gasteiger partial charge in [-0.15, -0.1) is 0 Å². The molecule has 0 aromatic heterocycles. The first-order chi connectivity index (χ1) is 9.61. The van der Waals surface area contributed by atoms with Crippen molar-refractivity contribution in [2.45, 2.75) is 13.2 Å². The Bertz CT molecular complexity index is 628. The molecule has 2 aromatic rings. The predicted octanol–water partition coefficient (Wildman–Crippen LogP) is 2.25. The van der Waals surface area contributed by atoms with Gasteiger partial charge in [-0.25, -0.2) is 0 Å². The molecule has 20 heavy (non-hydrogen) atoms. The van der Waals surface area contributed by atoms with Crippen LogP contribution in [0.5, 0.6) is 5.75 Å². The number of para-hydroxylation sites is 1. The molecule has 0 amide bonds. The number of nitrogens with zero attached hydrogens (tertiary/aromatic N) is 1. The van der Waals surface area contributed by atoms with Crippen LogP contribution in [0, 0.1) is 10.1 Å². The third-order valence-corrected chi connectivity index (χ3v) is 2.85. The van der Waals surface area contributed by atoms with Crippen molar-refractivity contribution in [2.75, 3.05) is 5.73 Å². The zero-order valence-electron chi connectivity index (χ0n) is 10.7. The first kappa shape index (κ1) is 13.8. The molecule has 0 saturated heterocycles. The number of hydrogen-bond acceptors (Lipinski definition) is 5. The molecule has 0 aliphatic carbocycles. The van der Waals surface area contributed by atoms with E-state index in [1.165, 1.54) is 6.07 Å². The van der Waals surface area contributed by atoms with E-state index in [0.717, 1.165) is 5.56 Å². The number of nitrogens with two attached hydrogens (primary N) is 1. The van der Waals surface area contributed by atoms with Crippen LogP contribution in [0.15, 0.2) is 42.5 Å². The maximum absolute atomic E-state index is 10.8. The maximum atomic E-state index is 10.8. The van der Waals surface area contributed by atoms with Crippen molar-refractivity contribution in [3.8, 4) is 5.75 Å². The molecule has 0 bridgehead atoms. The van der Waals surface area contributed by atoms with Crippen LogP contribution in [-0.4, -0.2) is 10.0 Å². The van der Waals surface area contributed by atoms with Gasteiger partial charge < -0.3 is 15.6 Å². The van der Waals surface area contributed by atoms with Crippen LogP contribution in [-0.2, 0) is 13.2 Å². The van der Waals surface area contributed by atoms with Crippen molar-refractivity contribution in [1.82, 2.24) is 0 Å². The molecule has 2 aromatic carbocycles. The molecule has 0 heterocycles. The van der Waals surface area contributed by atoms with Crippen molar-refractivity contribution in [2.24, 2.45) is 0 Å². The molecular weight excluding hydrogens is 260 g/mol. The van der Waals surface area contributed by atoms with Crippen molar-refractivity contribution in [1.29, 1.82) is 0 Å². The van der Waals surface area contributed by atoms with E-state index in [2.05, 4.69) is 0 Å². The average Bonchev–Trinajstić information content (AvgIpc) is 2.46. The maximum Gasteiger partial charge on any atom is 0.292 e. The second-order valence-electron chi connectivity index (χ2n) is 4.20. The van der Waals surface area contributed by atoms with Gasteiger partial charge in [-0.3, -0.25) is 10.1 Å². The summed E-state index contributed by atoms with van der Waals surface area (Å²) < 4.78 is 5.54. The first-order valence-electron chi connectivity index (χ1n) is 5.96. The number of aliphatic hydroxyl groups excluding tert-OH is 1. The Balaban J connectivity index is 2.14. The van der Waals surface area contributed by atoms with Gasteiger partial charge in [0.2, 0.25) is 0 Å². The number of aliphatic hydroxyl groups is 1. The Morgan fingerprint density at radius 3 is 2.70 bits per heavy atom. The molecule has 6 nitrogen and oxygen atoms in total. The number of nitro groups is 1. The number of ether oxygens (including phenoxy) is 1. The highest BCUT2D eigenvalue weighted by Gasteiger charge is 2.14. The van der Waals surface area contributed by atoms with Crippen molar-refractivity contribution in [3.63, 3.8) is 0 Å². The van der Waals surface area contributed by atoms with Crippen LogP contribution in [0.1, 0.15) is 11.1 Å². The minimum absolute atomic E-state index is 0.0733. The zero-order chi connectivity index (χ0) is 14.5. The first-order valence-corrected chi connectivity index (χ1v) is 5.96. The Labute approximate surface area is 115 Å². The monoisotopic (exact) mass is 274 g/mol. The highest BCUT2D eigenvalue weighted by Crippen LogP contribution is 2.26. The Hall–Kier alpha value is -2.60. The predicted molar refractivity (Wildman–Crippen MR) is 74.2 cm³/mol. The van der Waals surface area contributed by atoms with E-state index >= 15 is 0 Å². The molecule has 2 rings (SSSR count). The number of rotatable bonds is 5. The summed E-state index contributed by atoms with van der Waals surface area (Å²) >= 11 is 0. The standard InChI is InChI=1S/C14H14N2O4/c15-14-11(4-2-6-13(14)16(18)19)9-20-12-5-1-3-10(7-12)8-17/h1-7,17H,8-9,15H2. The van der Waals surface area contributed by atoms with E-state index in [0.29, 0.717) is 11.3 Å². The van der Waals surface area contributed by atoms with Crippen molar-refractivity contribution >= 4 is 11.4 Å². The Morgan fingerprint density at radius 1 is 1.25 bits per heavy atom. The molecule has 0 radical (unpaired) electrons. The number of nitro benzene ring substituents is 1. The van der Waals surface area contributed by atoms with Gasteiger partial charge in [-0.1, -0.05) is 24.3 Å². The number of benzene rings is 2. The summed E-state index contributed by atoms with van der Waals surface area (Å²) in [5, 5.41) is 19.8. The van der Waals surface area contributed by atoms with E-state index in [-0.39, 0.29) is 24.6 Å². The van der Waals surface area contributed by atoms with E-state index < -0.39 is 4.92 Å². The van der Waals surface area contributed by atoms with Gasteiger partial charge in [-0.2, -0.15) is 0 Å². The summed E-state index contributed by atoms with van der Waals surface area (Å²) in [5.41, 5.74) is 7.00. The third kappa shape index (κ3) is 3.04. The zero-order valence-corrected chi connectivity index (χ0v) is 10.7. The van der Waals surface area contributed by atoms with Gasteiger partial charge >= 0.3 is 0 Å². The molecule has 3 N–H and O–H groups in total. The summed E-state index contributed by atoms with van der Waals surface area (Å²) in [6.07, 6.45) is 0. The second-order valence-corrected chi connectivity index (χ2v) is 4.20. The van der Waals surface area contributed by atoms with Gasteiger partial charge in [0.1, 0.15) is 18.0 Å². The quantitative estimate of drug-likeness (QED) is 0.495. The lowest BCUT2D eigenvalue weighted by Crippen LogP contribution is -2.03. The molecule has 0 atom stereocenters. The van der Waals surface area contributed by atoms with Gasteiger partial charge in [0.25, 0.3) is 5.69 Å². The van der Waals surface area contributed by atoms with E-state index in [1.807, 2.05) is 0 Å². The third-order valence-electron chi connectivity index (χ3n) is 2.85. The smallest absolute Gasteiger partial charge is 0.292 e. The van der Waals surface area contributed by atoms with Crippen LogP contribution < -0.4 is 10.5 Å². The fourth-order valence-electron chi connectivity index (χ4n) is 1.78. The summed E-state index contributed by atoms with van der Waals surface area (Å²) in [6, 6.07) is 11.6. The molecule has 0 spiro atoms. The van der Waals surface area contributed by atoms with Crippen LogP contribution in [0.4, 0.5) is 11.4 Å². The minimum atomic E-state index is -0.523. The van der Waals surface area contributed by atoms with Crippen LogP contribution in [0.3, 0.4) is 0 Å². The number of anilines is 1.